The third-order valence-electron chi connectivity index (χ3n) is 4.30. The predicted molar refractivity (Wildman–Crippen MR) is 90.0 cm³/mol. The number of hydrogen-bond donors (Lipinski definition) is 4. The molecule has 0 spiro atoms. The molecule has 6 N–H and O–H groups in total. The second-order valence-corrected chi connectivity index (χ2v) is 6.28. The van der Waals surface area contributed by atoms with Gasteiger partial charge in [0.25, 0.3) is 0 Å². The number of aliphatic hydroxyl groups excluding tert-OH is 1. The second kappa shape index (κ2) is 9.07. The molecule has 1 aromatic heterocycles. The minimum atomic E-state index is -0.865. The molecule has 0 aromatic carbocycles. The summed E-state index contributed by atoms with van der Waals surface area (Å²) < 4.78 is 1.44. The molecular weight excluding hydrogens is 310 g/mol. The van der Waals surface area contributed by atoms with Crippen molar-refractivity contribution in [3.8, 4) is 0 Å². The first-order valence-electron chi connectivity index (χ1n) is 8.59. The zero-order valence-electron chi connectivity index (χ0n) is 14.3. The molecule has 9 nitrogen and oxygen atoms in total. The molecule has 0 bridgehead atoms. The summed E-state index contributed by atoms with van der Waals surface area (Å²) in [6, 6.07) is -1.02. The number of amides is 1. The molecule has 1 unspecified atom stereocenters. The van der Waals surface area contributed by atoms with Crippen molar-refractivity contribution >= 4 is 5.91 Å². The van der Waals surface area contributed by atoms with Crippen LogP contribution in [0.15, 0.2) is 6.20 Å². The second-order valence-electron chi connectivity index (χ2n) is 6.28. The highest BCUT2D eigenvalue weighted by atomic mass is 16.3. The van der Waals surface area contributed by atoms with Crippen LogP contribution >= 0.6 is 0 Å². The van der Waals surface area contributed by atoms with Crippen molar-refractivity contribution in [3.05, 3.63) is 11.9 Å². The lowest BCUT2D eigenvalue weighted by molar-refractivity contribution is -0.138. The maximum atomic E-state index is 12.7. The van der Waals surface area contributed by atoms with Crippen molar-refractivity contribution in [1.29, 1.82) is 0 Å². The quantitative estimate of drug-likeness (QED) is 0.435. The molecule has 1 amide bonds. The third-order valence-corrected chi connectivity index (χ3v) is 4.30. The maximum Gasteiger partial charge on any atom is 0.250 e. The number of aliphatic hydroxyl groups is 1. The molecule has 1 aromatic rings. The first kappa shape index (κ1) is 18.8. The van der Waals surface area contributed by atoms with Gasteiger partial charge in [-0.15, -0.1) is 5.10 Å². The molecule has 1 aliphatic heterocycles. The highest BCUT2D eigenvalue weighted by molar-refractivity contribution is 5.81. The predicted octanol–water partition coefficient (Wildman–Crippen LogP) is -1.24. The number of unbranched alkanes of at least 4 members (excludes halogenated alkanes) is 1. The van der Waals surface area contributed by atoms with E-state index in [0.717, 1.165) is 32.4 Å². The van der Waals surface area contributed by atoms with Crippen LogP contribution in [0.4, 0.5) is 0 Å². The number of nitrogens with two attached hydrogens (primary N) is 2. The van der Waals surface area contributed by atoms with Gasteiger partial charge in [-0.3, -0.25) is 4.79 Å². The summed E-state index contributed by atoms with van der Waals surface area (Å²) in [6.45, 7) is 5.00. The molecule has 0 aliphatic carbocycles. The van der Waals surface area contributed by atoms with E-state index in [1.54, 1.807) is 18.0 Å². The molecule has 2 heterocycles. The van der Waals surface area contributed by atoms with Crippen LogP contribution in [0.2, 0.25) is 0 Å². The van der Waals surface area contributed by atoms with E-state index in [-0.39, 0.29) is 11.9 Å². The zero-order valence-corrected chi connectivity index (χ0v) is 14.3. The van der Waals surface area contributed by atoms with Gasteiger partial charge in [0.2, 0.25) is 5.91 Å². The van der Waals surface area contributed by atoms with Gasteiger partial charge in [0.1, 0.15) is 0 Å². The van der Waals surface area contributed by atoms with Gasteiger partial charge >= 0.3 is 0 Å². The number of nitrogens with one attached hydrogen (secondary N) is 1. The first-order chi connectivity index (χ1) is 11.5. The van der Waals surface area contributed by atoms with E-state index in [4.69, 9.17) is 11.5 Å². The number of piperazine rings is 1. The van der Waals surface area contributed by atoms with Crippen molar-refractivity contribution < 1.29 is 9.90 Å². The fourth-order valence-electron chi connectivity index (χ4n) is 2.87. The Morgan fingerprint density at radius 3 is 2.75 bits per heavy atom. The Morgan fingerprint density at radius 2 is 2.12 bits per heavy atom. The average molecular weight is 339 g/mol. The van der Waals surface area contributed by atoms with E-state index in [2.05, 4.69) is 15.6 Å². The van der Waals surface area contributed by atoms with E-state index in [9.17, 15) is 9.90 Å². The van der Waals surface area contributed by atoms with Gasteiger partial charge in [-0.05, 0) is 26.3 Å². The van der Waals surface area contributed by atoms with Crippen molar-refractivity contribution in [2.45, 2.75) is 44.4 Å². The number of nitrogens with zero attached hydrogens (tertiary/aromatic N) is 4. The molecule has 9 heteroatoms. The summed E-state index contributed by atoms with van der Waals surface area (Å²) in [4.78, 5) is 14.5. The molecule has 3 atom stereocenters. The van der Waals surface area contributed by atoms with Gasteiger partial charge in [-0.25, -0.2) is 4.68 Å². The van der Waals surface area contributed by atoms with Gasteiger partial charge in [-0.1, -0.05) is 11.6 Å². The van der Waals surface area contributed by atoms with Gasteiger partial charge < -0.3 is 26.8 Å². The van der Waals surface area contributed by atoms with E-state index in [1.165, 1.54) is 4.68 Å². The van der Waals surface area contributed by atoms with Crippen LogP contribution in [-0.4, -0.2) is 69.7 Å². The average Bonchev–Trinajstić information content (AvgIpc) is 3.05. The van der Waals surface area contributed by atoms with Gasteiger partial charge in [-0.2, -0.15) is 0 Å². The van der Waals surface area contributed by atoms with Crippen molar-refractivity contribution in [1.82, 2.24) is 25.2 Å². The van der Waals surface area contributed by atoms with E-state index < -0.39 is 12.1 Å². The van der Waals surface area contributed by atoms with E-state index in [1.807, 2.05) is 0 Å². The molecule has 1 aliphatic rings. The lowest BCUT2D eigenvalue weighted by Crippen LogP contribution is -2.50. The van der Waals surface area contributed by atoms with Crippen LogP contribution < -0.4 is 16.8 Å². The zero-order chi connectivity index (χ0) is 17.5. The van der Waals surface area contributed by atoms with Crippen LogP contribution in [0, 0.1) is 0 Å². The minimum absolute atomic E-state index is 0.139. The van der Waals surface area contributed by atoms with Crippen LogP contribution in [-0.2, 0) is 4.79 Å². The first-order valence-corrected chi connectivity index (χ1v) is 8.59. The Balaban J connectivity index is 2.06. The summed E-state index contributed by atoms with van der Waals surface area (Å²) in [5, 5.41) is 21.4. The normalized spacial score (nSPS) is 19.1. The van der Waals surface area contributed by atoms with Gasteiger partial charge in [0.15, 0.2) is 6.04 Å². The lowest BCUT2D eigenvalue weighted by Gasteiger charge is -2.31. The van der Waals surface area contributed by atoms with Crippen molar-refractivity contribution in [2.75, 3.05) is 32.7 Å². The minimum Gasteiger partial charge on any atom is -0.391 e. The van der Waals surface area contributed by atoms with Crippen LogP contribution in [0.5, 0.6) is 0 Å². The smallest absolute Gasteiger partial charge is 0.250 e. The molecule has 24 heavy (non-hydrogen) atoms. The molecule has 1 fully saturated rings. The van der Waals surface area contributed by atoms with Gasteiger partial charge in [0.05, 0.1) is 24.0 Å². The third kappa shape index (κ3) is 4.73. The fraction of sp³-hybridized carbons (Fsp3) is 0.800. The summed E-state index contributed by atoms with van der Waals surface area (Å²) in [5.41, 5.74) is 12.2. The number of aromatic nitrogens is 3. The van der Waals surface area contributed by atoms with Crippen LogP contribution in [0.25, 0.3) is 0 Å². The van der Waals surface area contributed by atoms with Crippen LogP contribution in [0.3, 0.4) is 0 Å². The highest BCUT2D eigenvalue weighted by Crippen LogP contribution is 2.19. The van der Waals surface area contributed by atoms with Gasteiger partial charge in [0, 0.05) is 26.2 Å². The Bertz CT molecular complexity index is 514. The number of carbonyl (C=O) groups excluding carboxylic acids is 1. The monoisotopic (exact) mass is 339 g/mol. The van der Waals surface area contributed by atoms with Crippen molar-refractivity contribution in [3.63, 3.8) is 0 Å². The molecular formula is C15H29N7O2. The standard InChI is InChI=1S/C15H29N7O2/c1-11(23)14(15(24)21-8-6-18-7-9-21)22-10-13(19-20-22)12(17)4-2-3-5-16/h10-12,14,18,23H,2-9,16-17H2,1H3/t11-,12+,14?/m1/s1. The van der Waals surface area contributed by atoms with Crippen LogP contribution in [0.1, 0.15) is 44.0 Å². The maximum absolute atomic E-state index is 12.7. The number of hydrogen-bond acceptors (Lipinski definition) is 7. The lowest BCUT2D eigenvalue weighted by atomic mass is 10.1. The topological polar surface area (TPSA) is 135 Å². The Kier molecular flexibility index (Phi) is 7.10. The molecule has 0 saturated carbocycles. The van der Waals surface area contributed by atoms with E-state index >= 15 is 0 Å². The van der Waals surface area contributed by atoms with E-state index in [0.29, 0.717) is 25.3 Å². The molecule has 2 rings (SSSR count). The summed E-state index contributed by atoms with van der Waals surface area (Å²) in [7, 11) is 0. The summed E-state index contributed by atoms with van der Waals surface area (Å²) in [6.07, 6.45) is 3.41. The molecule has 0 radical (unpaired) electrons. The largest absolute Gasteiger partial charge is 0.391 e. The molecule has 1 saturated heterocycles. The SMILES string of the molecule is C[C@@H](O)C(C(=O)N1CCNCC1)n1cc([C@@H](N)CCCCN)nn1. The number of rotatable bonds is 8. The fourth-order valence-corrected chi connectivity index (χ4v) is 2.87. The summed E-state index contributed by atoms with van der Waals surface area (Å²) in [5.74, 6) is -0.139. The highest BCUT2D eigenvalue weighted by Gasteiger charge is 2.32. The number of carbonyl (C=O) groups is 1. The Labute approximate surface area is 142 Å². The Morgan fingerprint density at radius 1 is 1.42 bits per heavy atom. The van der Waals surface area contributed by atoms with Crippen molar-refractivity contribution in [2.24, 2.45) is 11.5 Å². The summed E-state index contributed by atoms with van der Waals surface area (Å²) >= 11 is 0. The Hall–Kier alpha value is -1.55. The molecule has 136 valence electrons.